The molecule has 1 aromatic rings. The first-order valence-electron chi connectivity index (χ1n) is 6.16. The second kappa shape index (κ2) is 7.14. The molecule has 0 radical (unpaired) electrons. The highest BCUT2D eigenvalue weighted by molar-refractivity contribution is 9.15. The molecule has 1 aromatic carbocycles. The Hall–Kier alpha value is -1.00. The second-order valence-corrected chi connectivity index (χ2v) is 6.47. The van der Waals surface area contributed by atoms with Gasteiger partial charge >= 0.3 is 5.43 Å². The summed E-state index contributed by atoms with van der Waals surface area (Å²) in [4.78, 5) is 8.77. The largest absolute Gasteiger partial charge is 0.497 e. The third-order valence-corrected chi connectivity index (χ3v) is 4.03. The van der Waals surface area contributed by atoms with Gasteiger partial charge in [-0.25, -0.2) is 4.79 Å². The van der Waals surface area contributed by atoms with Gasteiger partial charge in [-0.05, 0) is 35.4 Å². The first-order chi connectivity index (χ1) is 9.26. The maximum atomic E-state index is 8.77. The number of methoxy groups -OCH3 is 1. The highest BCUT2D eigenvalue weighted by Crippen LogP contribution is 2.53. The lowest BCUT2D eigenvalue weighted by atomic mass is 10.1. The van der Waals surface area contributed by atoms with Gasteiger partial charge in [0.15, 0.2) is 0 Å². The molecule has 0 spiro atoms. The summed E-state index contributed by atoms with van der Waals surface area (Å²) >= 11 is 7.84. The van der Waals surface area contributed by atoms with Crippen LogP contribution in [0.15, 0.2) is 30.3 Å². The van der Waals surface area contributed by atoms with Crippen molar-refractivity contribution in [1.29, 1.82) is 0 Å². The quantitative estimate of drug-likeness (QED) is 0.735. The van der Waals surface area contributed by atoms with Gasteiger partial charge in [-0.2, -0.15) is 0 Å². The van der Waals surface area contributed by atoms with E-state index in [-0.39, 0.29) is 0 Å². The van der Waals surface area contributed by atoms with Crippen LogP contribution in [0.1, 0.15) is 25.8 Å². The van der Waals surface area contributed by atoms with Crippen LogP contribution in [-0.4, -0.2) is 17.6 Å². The van der Waals surface area contributed by atoms with Gasteiger partial charge < -0.3 is 9.84 Å². The number of hydrogen-bond donors (Lipinski definition) is 1. The molecule has 2 rings (SSSR count). The molecule has 0 amide bonds. The molecule has 1 aliphatic carbocycles. The lowest BCUT2D eigenvalue weighted by Crippen LogP contribution is -1.87. The Labute approximate surface area is 132 Å². The van der Waals surface area contributed by atoms with Gasteiger partial charge in [0.2, 0.25) is 0 Å². The van der Waals surface area contributed by atoms with Crippen LogP contribution in [0.4, 0.5) is 4.79 Å². The molecular formula is C15H18BrClO3. The van der Waals surface area contributed by atoms with Crippen molar-refractivity contribution in [2.45, 2.75) is 20.3 Å². The number of ether oxygens (including phenoxy) is 1. The topological polar surface area (TPSA) is 46.5 Å². The summed E-state index contributed by atoms with van der Waals surface area (Å²) in [5, 5.41) is 7.18. The maximum Gasteiger partial charge on any atom is 0.401 e. The van der Waals surface area contributed by atoms with Gasteiger partial charge in [0, 0.05) is 16.1 Å². The van der Waals surface area contributed by atoms with E-state index < -0.39 is 5.43 Å². The number of benzene rings is 1. The number of carboxylic acid groups (broad SMARTS) is 1. The second-order valence-electron chi connectivity index (χ2n) is 5.30. The molecule has 1 N–H and O–H groups in total. The zero-order valence-electron chi connectivity index (χ0n) is 11.7. The highest BCUT2D eigenvalue weighted by atomic mass is 79.9. The van der Waals surface area contributed by atoms with E-state index in [1.165, 1.54) is 16.5 Å². The van der Waals surface area contributed by atoms with Crippen LogP contribution in [-0.2, 0) is 0 Å². The molecule has 1 aliphatic rings. The standard InChI is InChI=1S/C14H17BrO.CHClO2/c1-14(2)9-11(14)8-13(15)10-4-6-12(16-3)7-5-10;2-1(3)4/h4-8,11H,9H2,1-3H3;(H,3,4). The summed E-state index contributed by atoms with van der Waals surface area (Å²) in [6.45, 7) is 4.62. The molecule has 1 atom stereocenters. The van der Waals surface area contributed by atoms with Crippen LogP contribution in [0.25, 0.3) is 4.48 Å². The third kappa shape index (κ3) is 5.55. The van der Waals surface area contributed by atoms with Crippen molar-refractivity contribution in [2.24, 2.45) is 11.3 Å². The van der Waals surface area contributed by atoms with Crippen molar-refractivity contribution in [3.63, 3.8) is 0 Å². The van der Waals surface area contributed by atoms with E-state index in [1.54, 1.807) is 7.11 Å². The van der Waals surface area contributed by atoms with Crippen molar-refractivity contribution in [3.8, 4) is 5.75 Å². The average molecular weight is 362 g/mol. The molecular weight excluding hydrogens is 344 g/mol. The summed E-state index contributed by atoms with van der Waals surface area (Å²) in [5.74, 6) is 1.61. The Balaban J connectivity index is 0.000000444. The van der Waals surface area contributed by atoms with Gasteiger partial charge in [-0.1, -0.05) is 48.0 Å². The first-order valence-corrected chi connectivity index (χ1v) is 7.33. The van der Waals surface area contributed by atoms with E-state index in [2.05, 4.69) is 59.6 Å². The van der Waals surface area contributed by atoms with Crippen LogP contribution in [0.5, 0.6) is 5.75 Å². The number of carbonyl (C=O) groups is 1. The Morgan fingerprint density at radius 3 is 2.25 bits per heavy atom. The fourth-order valence-electron chi connectivity index (χ4n) is 1.82. The van der Waals surface area contributed by atoms with Gasteiger partial charge in [-0.15, -0.1) is 0 Å². The minimum absolute atomic E-state index is 0.492. The molecule has 0 aliphatic heterocycles. The molecule has 1 unspecified atom stereocenters. The fraction of sp³-hybridized carbons (Fsp3) is 0.400. The highest BCUT2D eigenvalue weighted by Gasteiger charge is 2.43. The predicted molar refractivity (Wildman–Crippen MR) is 85.7 cm³/mol. The molecule has 1 saturated carbocycles. The lowest BCUT2D eigenvalue weighted by molar-refractivity contribution is 0.220. The first kappa shape index (κ1) is 17.1. The molecule has 0 heterocycles. The van der Waals surface area contributed by atoms with E-state index in [0.717, 1.165) is 5.75 Å². The summed E-state index contributed by atoms with van der Waals surface area (Å²) < 4.78 is 6.33. The molecule has 1 fully saturated rings. The Morgan fingerprint density at radius 2 is 1.90 bits per heavy atom. The summed E-state index contributed by atoms with van der Waals surface area (Å²) in [6, 6.07) is 8.13. The van der Waals surface area contributed by atoms with E-state index >= 15 is 0 Å². The van der Waals surface area contributed by atoms with E-state index in [0.29, 0.717) is 11.3 Å². The van der Waals surface area contributed by atoms with Crippen molar-refractivity contribution in [2.75, 3.05) is 7.11 Å². The Morgan fingerprint density at radius 1 is 1.45 bits per heavy atom. The van der Waals surface area contributed by atoms with Crippen molar-refractivity contribution in [3.05, 3.63) is 35.9 Å². The van der Waals surface area contributed by atoms with Crippen LogP contribution in [0.3, 0.4) is 0 Å². The van der Waals surface area contributed by atoms with Crippen molar-refractivity contribution < 1.29 is 14.6 Å². The van der Waals surface area contributed by atoms with E-state index in [1.807, 2.05) is 12.1 Å². The Kier molecular flexibility index (Phi) is 6.08. The molecule has 110 valence electrons. The van der Waals surface area contributed by atoms with Crippen molar-refractivity contribution in [1.82, 2.24) is 0 Å². The van der Waals surface area contributed by atoms with Gasteiger partial charge in [0.1, 0.15) is 5.75 Å². The zero-order chi connectivity index (χ0) is 15.3. The van der Waals surface area contributed by atoms with Gasteiger partial charge in [-0.3, -0.25) is 0 Å². The summed E-state index contributed by atoms with van der Waals surface area (Å²) in [6.07, 6.45) is 3.61. The minimum Gasteiger partial charge on any atom is -0.497 e. The summed E-state index contributed by atoms with van der Waals surface area (Å²) in [7, 11) is 1.69. The molecule has 0 saturated heterocycles. The molecule has 0 bridgehead atoms. The SMILES string of the molecule is COc1ccc(C(Br)=CC2CC2(C)C)cc1.O=C(O)Cl. The van der Waals surface area contributed by atoms with Crippen LogP contribution in [0, 0.1) is 11.3 Å². The third-order valence-electron chi connectivity index (χ3n) is 3.30. The minimum atomic E-state index is -1.36. The fourth-order valence-corrected chi connectivity index (χ4v) is 2.40. The smallest absolute Gasteiger partial charge is 0.401 e. The van der Waals surface area contributed by atoms with Crippen molar-refractivity contribution >= 4 is 37.4 Å². The lowest BCUT2D eigenvalue weighted by Gasteiger charge is -2.03. The normalized spacial score (nSPS) is 19.6. The van der Waals surface area contributed by atoms with Gasteiger partial charge in [0.25, 0.3) is 0 Å². The average Bonchev–Trinajstić information content (AvgIpc) is 2.96. The van der Waals surface area contributed by atoms with E-state index in [4.69, 9.17) is 14.6 Å². The Bertz CT molecular complexity index is 490. The zero-order valence-corrected chi connectivity index (χ0v) is 14.0. The van der Waals surface area contributed by atoms with Crippen LogP contribution in [0.2, 0.25) is 0 Å². The predicted octanol–water partition coefficient (Wildman–Crippen LogP) is 5.38. The number of halogens is 2. The van der Waals surface area contributed by atoms with Crippen LogP contribution < -0.4 is 4.74 Å². The molecule has 0 aromatic heterocycles. The van der Waals surface area contributed by atoms with Crippen LogP contribution >= 0.6 is 27.5 Å². The number of hydrogen-bond acceptors (Lipinski definition) is 2. The number of allylic oxidation sites excluding steroid dienone is 1. The monoisotopic (exact) mass is 360 g/mol. The number of rotatable bonds is 3. The molecule has 20 heavy (non-hydrogen) atoms. The molecule has 5 heteroatoms. The molecule has 3 nitrogen and oxygen atoms in total. The van der Waals surface area contributed by atoms with Gasteiger partial charge in [0.05, 0.1) is 7.11 Å². The van der Waals surface area contributed by atoms with E-state index in [9.17, 15) is 0 Å². The summed E-state index contributed by atoms with van der Waals surface area (Å²) in [5.41, 5.74) is 0.342. The maximum absolute atomic E-state index is 8.77.